The lowest BCUT2D eigenvalue weighted by Gasteiger charge is -2.05. The van der Waals surface area contributed by atoms with E-state index in [9.17, 15) is 0 Å². The summed E-state index contributed by atoms with van der Waals surface area (Å²) in [7, 11) is 1.27. The van der Waals surface area contributed by atoms with E-state index >= 15 is 0 Å². The summed E-state index contributed by atoms with van der Waals surface area (Å²) in [4.78, 5) is 0. The highest BCUT2D eigenvalue weighted by atomic mass is 31.0. The number of benzene rings is 3. The van der Waals surface area contributed by atoms with Crippen LogP contribution in [0.1, 0.15) is 5.56 Å². The third-order valence-electron chi connectivity index (χ3n) is 3.88. The molecule has 0 bridgehead atoms. The zero-order valence-corrected chi connectivity index (χ0v) is 15.2. The summed E-state index contributed by atoms with van der Waals surface area (Å²) < 4.78 is 0. The monoisotopic (exact) mass is 340 g/mol. The molecule has 0 fully saturated rings. The van der Waals surface area contributed by atoms with Gasteiger partial charge in [0, 0.05) is 5.30 Å². The first kappa shape index (κ1) is 17.1. The van der Waals surface area contributed by atoms with Crippen LogP contribution in [0, 0.1) is 6.92 Å². The Morgan fingerprint density at radius 2 is 1.04 bits per heavy atom. The second-order valence-corrected chi connectivity index (χ2v) is 6.85. The van der Waals surface area contributed by atoms with Crippen LogP contribution in [0.4, 0.5) is 0 Å². The molecule has 1 heteroatoms. The SMILES string of the molecule is Cc1ccccc1.c1ccc(-c2ccpc(-c3ccccc3)c2)cc1. The highest BCUT2D eigenvalue weighted by Gasteiger charge is 2.00. The Morgan fingerprint density at radius 3 is 1.56 bits per heavy atom. The molecule has 25 heavy (non-hydrogen) atoms. The average molecular weight is 340 g/mol. The highest BCUT2D eigenvalue weighted by Crippen LogP contribution is 2.32. The molecule has 0 saturated carbocycles. The van der Waals surface area contributed by atoms with E-state index in [0.29, 0.717) is 0 Å². The molecule has 1 aromatic heterocycles. The molecule has 0 aliphatic heterocycles. The van der Waals surface area contributed by atoms with Crippen LogP contribution in [0.3, 0.4) is 0 Å². The van der Waals surface area contributed by atoms with Crippen LogP contribution in [0.25, 0.3) is 22.0 Å². The standard InChI is InChI=1S/C17H13P.C7H8/c1-3-7-14(8-4-1)16-11-12-18-17(13-16)15-9-5-2-6-10-15;1-7-5-3-2-4-6-7/h1-13H;2-6H,1H3. The number of rotatable bonds is 2. The molecule has 0 amide bonds. The third-order valence-corrected chi connectivity index (χ3v) is 4.84. The minimum atomic E-state index is 1.27. The first-order chi connectivity index (χ1) is 12.3. The van der Waals surface area contributed by atoms with Crippen LogP contribution in [0.15, 0.2) is 109 Å². The Kier molecular flexibility index (Phi) is 6.15. The maximum Gasteiger partial charge on any atom is 0.00963 e. The Labute approximate surface area is 151 Å². The topological polar surface area (TPSA) is 0 Å². The molecule has 0 unspecified atom stereocenters. The number of aryl methyl sites for hydroxylation is 1. The summed E-state index contributed by atoms with van der Waals surface area (Å²) in [6, 6.07) is 35.8. The first-order valence-electron chi connectivity index (χ1n) is 8.41. The summed E-state index contributed by atoms with van der Waals surface area (Å²) in [6.45, 7) is 2.08. The van der Waals surface area contributed by atoms with Crippen molar-refractivity contribution >= 4 is 8.19 Å². The zero-order chi connectivity index (χ0) is 17.3. The molecule has 0 nitrogen and oxygen atoms in total. The lowest BCUT2D eigenvalue weighted by molar-refractivity contribution is 1.48. The fourth-order valence-corrected chi connectivity index (χ4v) is 3.45. The van der Waals surface area contributed by atoms with E-state index in [1.54, 1.807) is 0 Å². The van der Waals surface area contributed by atoms with Gasteiger partial charge in [0.15, 0.2) is 0 Å². The Morgan fingerprint density at radius 1 is 0.520 bits per heavy atom. The highest BCUT2D eigenvalue weighted by molar-refractivity contribution is 7.33. The van der Waals surface area contributed by atoms with Crippen molar-refractivity contribution in [2.45, 2.75) is 6.92 Å². The second-order valence-electron chi connectivity index (χ2n) is 5.82. The van der Waals surface area contributed by atoms with E-state index in [4.69, 9.17) is 0 Å². The van der Waals surface area contributed by atoms with Crippen molar-refractivity contribution in [3.63, 3.8) is 0 Å². The quantitative estimate of drug-likeness (QED) is 0.352. The molecule has 3 aromatic carbocycles. The predicted octanol–water partition coefficient (Wildman–Crippen LogP) is 7.60. The normalized spacial score (nSPS) is 10.1. The van der Waals surface area contributed by atoms with Crippen LogP contribution >= 0.6 is 8.19 Å². The van der Waals surface area contributed by atoms with Gasteiger partial charge in [0.1, 0.15) is 0 Å². The van der Waals surface area contributed by atoms with Gasteiger partial charge in [0.25, 0.3) is 0 Å². The van der Waals surface area contributed by atoms with E-state index in [-0.39, 0.29) is 0 Å². The van der Waals surface area contributed by atoms with Gasteiger partial charge < -0.3 is 0 Å². The Hall–Kier alpha value is -2.69. The van der Waals surface area contributed by atoms with Crippen LogP contribution in [0.2, 0.25) is 0 Å². The number of hydrogen-bond acceptors (Lipinski definition) is 0. The van der Waals surface area contributed by atoms with Crippen molar-refractivity contribution in [1.82, 2.24) is 0 Å². The summed E-state index contributed by atoms with van der Waals surface area (Å²) in [6.07, 6.45) is 0. The van der Waals surface area contributed by atoms with Gasteiger partial charge in [-0.2, -0.15) is 0 Å². The van der Waals surface area contributed by atoms with E-state index in [1.807, 2.05) is 18.2 Å². The van der Waals surface area contributed by atoms with E-state index in [1.165, 1.54) is 35.7 Å². The minimum Gasteiger partial charge on any atom is -0.0678 e. The molecule has 4 aromatic rings. The summed E-state index contributed by atoms with van der Waals surface area (Å²) in [5, 5.41) is 1.36. The van der Waals surface area contributed by atoms with Crippen LogP contribution in [-0.4, -0.2) is 0 Å². The van der Waals surface area contributed by atoms with Crippen molar-refractivity contribution in [2.75, 3.05) is 0 Å². The molecule has 0 aliphatic carbocycles. The molecule has 0 aliphatic rings. The molecular formula is C24H21P. The fraction of sp³-hybridized carbons (Fsp3) is 0.0417. The Bertz CT molecular complexity index is 830. The van der Waals surface area contributed by atoms with Crippen molar-refractivity contribution < 1.29 is 0 Å². The maximum atomic E-state index is 2.28. The van der Waals surface area contributed by atoms with Crippen LogP contribution < -0.4 is 0 Å². The van der Waals surface area contributed by atoms with E-state index in [2.05, 4.69) is 97.7 Å². The van der Waals surface area contributed by atoms with Gasteiger partial charge >= 0.3 is 0 Å². The van der Waals surface area contributed by atoms with Gasteiger partial charge in [-0.1, -0.05) is 105 Å². The zero-order valence-electron chi connectivity index (χ0n) is 14.3. The van der Waals surface area contributed by atoms with Crippen molar-refractivity contribution in [2.24, 2.45) is 0 Å². The molecule has 0 spiro atoms. The van der Waals surface area contributed by atoms with Gasteiger partial charge in [-0.3, -0.25) is 0 Å². The van der Waals surface area contributed by atoms with Crippen molar-refractivity contribution in [3.05, 3.63) is 114 Å². The largest absolute Gasteiger partial charge is 0.0678 e. The number of hydrogen-bond donors (Lipinski definition) is 0. The molecular weight excluding hydrogens is 319 g/mol. The molecule has 0 radical (unpaired) electrons. The van der Waals surface area contributed by atoms with Gasteiger partial charge in [0.2, 0.25) is 0 Å². The molecule has 0 saturated heterocycles. The maximum absolute atomic E-state index is 2.28. The van der Waals surface area contributed by atoms with Gasteiger partial charge in [-0.05, 0) is 41.5 Å². The third kappa shape index (κ3) is 5.14. The smallest absolute Gasteiger partial charge is 0.00963 e. The van der Waals surface area contributed by atoms with E-state index in [0.717, 1.165) is 0 Å². The minimum absolute atomic E-state index is 1.27. The average Bonchev–Trinajstić information content (AvgIpc) is 2.71. The van der Waals surface area contributed by atoms with Gasteiger partial charge in [-0.25, -0.2) is 0 Å². The van der Waals surface area contributed by atoms with Crippen LogP contribution in [-0.2, 0) is 0 Å². The summed E-state index contributed by atoms with van der Waals surface area (Å²) in [5.41, 5.74) is 5.18. The second kappa shape index (κ2) is 8.97. The van der Waals surface area contributed by atoms with Crippen molar-refractivity contribution in [1.29, 1.82) is 0 Å². The molecule has 0 N–H and O–H groups in total. The van der Waals surface area contributed by atoms with Crippen molar-refractivity contribution in [3.8, 4) is 22.0 Å². The van der Waals surface area contributed by atoms with E-state index < -0.39 is 0 Å². The lowest BCUT2D eigenvalue weighted by atomic mass is 10.1. The first-order valence-corrected chi connectivity index (χ1v) is 9.38. The van der Waals surface area contributed by atoms with Gasteiger partial charge in [-0.15, -0.1) is 0 Å². The molecule has 122 valence electrons. The lowest BCUT2D eigenvalue weighted by Crippen LogP contribution is -1.77. The fourth-order valence-electron chi connectivity index (χ4n) is 2.54. The Balaban J connectivity index is 0.000000219. The summed E-state index contributed by atoms with van der Waals surface area (Å²) in [5.74, 6) is 2.21. The predicted molar refractivity (Wildman–Crippen MR) is 111 cm³/mol. The van der Waals surface area contributed by atoms with Crippen LogP contribution in [0.5, 0.6) is 0 Å². The molecule has 0 atom stereocenters. The summed E-state index contributed by atoms with van der Waals surface area (Å²) >= 11 is 0. The van der Waals surface area contributed by atoms with Gasteiger partial charge in [0.05, 0.1) is 0 Å². The molecule has 4 rings (SSSR count). The molecule has 1 heterocycles.